The first-order valence-corrected chi connectivity index (χ1v) is 21.4. The molecule has 0 amide bonds. The molecular weight excluding hydrogens is 695 g/mol. The Kier molecular flexibility index (Phi) is 35.9. The Morgan fingerprint density at radius 2 is 0.962 bits per heavy atom. The average Bonchev–Trinajstić information content (AvgIpc) is 3.14. The highest BCUT2D eigenvalue weighted by atomic mass is 31.2. The second-order valence-electron chi connectivity index (χ2n) is 12.9. The van der Waals surface area contributed by atoms with Gasteiger partial charge in [-0.05, 0) is 89.9 Å². The monoisotopic (exact) mass is 766 g/mol. The highest BCUT2D eigenvalue weighted by molar-refractivity contribution is 7.47. The van der Waals surface area contributed by atoms with E-state index in [-0.39, 0.29) is 19.4 Å². The Morgan fingerprint density at radius 1 is 0.566 bits per heavy atom. The first kappa shape index (κ1) is 50.4. The maximum absolute atomic E-state index is 12.6. The zero-order valence-electron chi connectivity index (χ0n) is 32.7. The second-order valence-corrected chi connectivity index (χ2v) is 14.4. The zero-order chi connectivity index (χ0) is 39.1. The van der Waals surface area contributed by atoms with Crippen molar-refractivity contribution in [2.75, 3.05) is 26.4 Å². The fourth-order valence-electron chi connectivity index (χ4n) is 4.71. The van der Waals surface area contributed by atoms with Crippen molar-refractivity contribution in [3.8, 4) is 0 Å². The molecule has 10 nitrogen and oxygen atoms in total. The molecule has 0 fully saturated rings. The van der Waals surface area contributed by atoms with Crippen molar-refractivity contribution in [1.29, 1.82) is 0 Å². The lowest BCUT2D eigenvalue weighted by atomic mass is 10.1. The third-order valence-electron chi connectivity index (χ3n) is 7.83. The highest BCUT2D eigenvalue weighted by Gasteiger charge is 2.27. The Morgan fingerprint density at radius 3 is 1.40 bits per heavy atom. The smallest absolute Gasteiger partial charge is 0.462 e. The van der Waals surface area contributed by atoms with Crippen LogP contribution in [0.1, 0.15) is 142 Å². The molecule has 0 aromatic carbocycles. The Balaban J connectivity index is 4.51. The third kappa shape index (κ3) is 37.5. The molecule has 0 rings (SSSR count). The summed E-state index contributed by atoms with van der Waals surface area (Å²) < 4.78 is 32.5. The van der Waals surface area contributed by atoms with E-state index in [2.05, 4.69) is 91.3 Å². The lowest BCUT2D eigenvalue weighted by molar-refractivity contribution is -0.161. The summed E-state index contributed by atoms with van der Waals surface area (Å²) in [7, 11) is -4.64. The predicted molar refractivity (Wildman–Crippen MR) is 214 cm³/mol. The maximum atomic E-state index is 12.6. The minimum Gasteiger partial charge on any atom is -0.462 e. The number of esters is 2. The molecule has 0 saturated carbocycles. The van der Waals surface area contributed by atoms with E-state index in [4.69, 9.17) is 19.1 Å². The van der Waals surface area contributed by atoms with E-state index < -0.39 is 51.8 Å². The highest BCUT2D eigenvalue weighted by Crippen LogP contribution is 2.43. The average molecular weight is 767 g/mol. The molecule has 304 valence electrons. The van der Waals surface area contributed by atoms with Gasteiger partial charge in [0, 0.05) is 12.8 Å². The van der Waals surface area contributed by atoms with Gasteiger partial charge < -0.3 is 24.6 Å². The number of hydrogen-bond acceptors (Lipinski definition) is 9. The largest absolute Gasteiger partial charge is 0.472 e. The fraction of sp³-hybridized carbons (Fsp3) is 0.667. The van der Waals surface area contributed by atoms with Gasteiger partial charge in [0.25, 0.3) is 0 Å². The number of ether oxygens (including phenoxy) is 2. The zero-order valence-corrected chi connectivity index (χ0v) is 33.6. The van der Waals surface area contributed by atoms with E-state index >= 15 is 0 Å². The van der Waals surface area contributed by atoms with E-state index in [0.29, 0.717) is 12.8 Å². The van der Waals surface area contributed by atoms with Crippen molar-refractivity contribution in [3.05, 3.63) is 72.9 Å². The Bertz CT molecular complexity index is 1110. The van der Waals surface area contributed by atoms with E-state index in [1.807, 2.05) is 0 Å². The molecular formula is C42H71O10P. The summed E-state index contributed by atoms with van der Waals surface area (Å²) in [6.45, 7) is 2.20. The third-order valence-corrected chi connectivity index (χ3v) is 8.78. The lowest BCUT2D eigenvalue weighted by Crippen LogP contribution is -2.29. The molecule has 0 spiro atoms. The van der Waals surface area contributed by atoms with Crippen LogP contribution in [-0.4, -0.2) is 65.7 Å². The van der Waals surface area contributed by atoms with Crippen molar-refractivity contribution in [1.82, 2.24) is 0 Å². The first-order valence-electron chi connectivity index (χ1n) is 19.9. The van der Waals surface area contributed by atoms with E-state index in [9.17, 15) is 24.2 Å². The molecule has 0 aliphatic heterocycles. The quantitative estimate of drug-likeness (QED) is 0.0243. The van der Waals surface area contributed by atoms with Gasteiger partial charge in [0.15, 0.2) is 6.10 Å². The van der Waals surface area contributed by atoms with Gasteiger partial charge in [-0.15, -0.1) is 0 Å². The number of carbonyl (C=O) groups is 2. The van der Waals surface area contributed by atoms with Crippen molar-refractivity contribution >= 4 is 19.8 Å². The molecule has 3 atom stereocenters. The predicted octanol–water partition coefficient (Wildman–Crippen LogP) is 10.1. The van der Waals surface area contributed by atoms with E-state index in [1.54, 1.807) is 0 Å². The van der Waals surface area contributed by atoms with Gasteiger partial charge in [-0.1, -0.05) is 112 Å². The fourth-order valence-corrected chi connectivity index (χ4v) is 5.50. The normalized spacial score (nSPS) is 14.7. The number of carbonyl (C=O) groups excluding carboxylic acids is 2. The molecule has 11 heteroatoms. The standard InChI is InChI=1S/C42H71O10P/c1-3-5-7-9-11-13-15-17-19-21-23-25-27-29-31-33-41(45)49-37-40(38-51-53(47,48)50-36-39(44)35-43)52-42(46)34-32-30-28-26-24-22-20-18-16-14-12-10-8-6-4-2/h11-14,17-20,23-26,39-40,43-44H,3-10,15-16,21-22,27-38H2,1-2H3,(H,47,48). The molecule has 0 aliphatic rings. The van der Waals surface area contributed by atoms with Crippen LogP contribution in [0.5, 0.6) is 0 Å². The first-order chi connectivity index (χ1) is 25.7. The van der Waals surface area contributed by atoms with Gasteiger partial charge in [0.05, 0.1) is 19.8 Å². The summed E-state index contributed by atoms with van der Waals surface area (Å²) in [4.78, 5) is 34.8. The lowest BCUT2D eigenvalue weighted by Gasteiger charge is -2.20. The van der Waals surface area contributed by atoms with Crippen LogP contribution in [0.4, 0.5) is 0 Å². The summed E-state index contributed by atoms with van der Waals surface area (Å²) in [5.41, 5.74) is 0. The molecule has 3 unspecified atom stereocenters. The van der Waals surface area contributed by atoms with Crippen molar-refractivity contribution in [2.24, 2.45) is 0 Å². The van der Waals surface area contributed by atoms with Crippen LogP contribution in [-0.2, 0) is 32.7 Å². The molecule has 0 aromatic rings. The Hall–Kier alpha value is -2.59. The number of phosphoric acid groups is 1. The summed E-state index contributed by atoms with van der Waals surface area (Å²) in [6.07, 6.45) is 41.6. The number of hydrogen-bond donors (Lipinski definition) is 3. The number of unbranched alkanes of at least 4 members (excludes halogenated alkanes) is 10. The summed E-state index contributed by atoms with van der Waals surface area (Å²) in [5, 5.41) is 18.3. The second kappa shape index (κ2) is 37.7. The van der Waals surface area contributed by atoms with Crippen molar-refractivity contribution in [2.45, 2.75) is 154 Å². The minimum absolute atomic E-state index is 0.123. The van der Waals surface area contributed by atoms with Gasteiger partial charge >= 0.3 is 19.8 Å². The SMILES string of the molecule is CCCCCC=CCC=CCC=CCCCCC(=O)OCC(COP(=O)(O)OCC(O)CO)OC(=O)CCCCC=CCC=CCC=CCCCCC. The number of phosphoric ester groups is 1. The van der Waals surface area contributed by atoms with Crippen LogP contribution in [0.15, 0.2) is 72.9 Å². The summed E-state index contributed by atoms with van der Waals surface area (Å²) in [5.74, 6) is -1.02. The van der Waals surface area contributed by atoms with Gasteiger partial charge in [0.1, 0.15) is 12.7 Å². The van der Waals surface area contributed by atoms with Crippen molar-refractivity contribution in [3.63, 3.8) is 0 Å². The van der Waals surface area contributed by atoms with E-state index in [0.717, 1.165) is 64.2 Å². The maximum Gasteiger partial charge on any atom is 0.472 e. The number of aliphatic hydroxyl groups excluding tert-OH is 2. The molecule has 0 bridgehead atoms. The molecule has 53 heavy (non-hydrogen) atoms. The van der Waals surface area contributed by atoms with Gasteiger partial charge in [0.2, 0.25) is 0 Å². The Labute approximate surface area is 320 Å². The van der Waals surface area contributed by atoms with Crippen molar-refractivity contribution < 1.29 is 47.8 Å². The molecule has 3 N–H and O–H groups in total. The summed E-state index contributed by atoms with van der Waals surface area (Å²) >= 11 is 0. The van der Waals surface area contributed by atoms with Crippen LogP contribution >= 0.6 is 7.82 Å². The molecule has 0 radical (unpaired) electrons. The van der Waals surface area contributed by atoms with Crippen LogP contribution in [0.2, 0.25) is 0 Å². The summed E-state index contributed by atoms with van der Waals surface area (Å²) in [6, 6.07) is 0. The minimum atomic E-state index is -4.64. The van der Waals surface area contributed by atoms with Crippen LogP contribution < -0.4 is 0 Å². The van der Waals surface area contributed by atoms with Crippen LogP contribution in [0.25, 0.3) is 0 Å². The number of rotatable bonds is 36. The topological polar surface area (TPSA) is 149 Å². The van der Waals surface area contributed by atoms with E-state index in [1.165, 1.54) is 38.5 Å². The molecule has 0 saturated heterocycles. The number of allylic oxidation sites excluding steroid dienone is 12. The molecule has 0 aliphatic carbocycles. The van der Waals surface area contributed by atoms with Crippen LogP contribution in [0, 0.1) is 0 Å². The van der Waals surface area contributed by atoms with Gasteiger partial charge in [-0.3, -0.25) is 18.6 Å². The van der Waals surface area contributed by atoms with Gasteiger partial charge in [-0.25, -0.2) is 4.57 Å². The van der Waals surface area contributed by atoms with Crippen LogP contribution in [0.3, 0.4) is 0 Å². The molecule has 0 heterocycles. The number of aliphatic hydroxyl groups is 2. The van der Waals surface area contributed by atoms with Gasteiger partial charge in [-0.2, -0.15) is 0 Å². The molecule has 0 aromatic heterocycles.